The van der Waals surface area contributed by atoms with Crippen molar-refractivity contribution < 1.29 is 27.3 Å². The predicted molar refractivity (Wildman–Crippen MR) is 94.3 cm³/mol. The Labute approximate surface area is 154 Å². The maximum Gasteiger partial charge on any atom is 0.416 e. The van der Waals surface area contributed by atoms with E-state index in [0.29, 0.717) is 13.1 Å². The molecule has 0 unspecified atom stereocenters. The zero-order chi connectivity index (χ0) is 19.4. The topological polar surface area (TPSA) is 36.8 Å². The summed E-state index contributed by atoms with van der Waals surface area (Å²) in [6.45, 7) is 3.06. The zero-order valence-corrected chi connectivity index (χ0v) is 14.5. The molecule has 8 heteroatoms. The first-order valence-electron chi connectivity index (χ1n) is 8.62. The van der Waals surface area contributed by atoms with E-state index >= 15 is 0 Å². The quantitative estimate of drug-likeness (QED) is 0.796. The number of rotatable bonds is 4. The fraction of sp³-hybridized carbons (Fsp3) is 0.316. The van der Waals surface area contributed by atoms with Gasteiger partial charge in [0.25, 0.3) is 5.91 Å². The molecule has 2 aromatic rings. The maximum atomic E-state index is 13.0. The summed E-state index contributed by atoms with van der Waals surface area (Å²) < 4.78 is 51.2. The van der Waals surface area contributed by atoms with E-state index < -0.39 is 11.7 Å². The molecule has 2 N–H and O–H groups in total. The van der Waals surface area contributed by atoms with Crippen LogP contribution in [0.4, 0.5) is 28.9 Å². The summed E-state index contributed by atoms with van der Waals surface area (Å²) in [5.41, 5.74) is 0.281. The summed E-state index contributed by atoms with van der Waals surface area (Å²) >= 11 is 0. The monoisotopic (exact) mass is 382 g/mol. The van der Waals surface area contributed by atoms with Crippen molar-refractivity contribution in [3.63, 3.8) is 0 Å². The van der Waals surface area contributed by atoms with Crippen LogP contribution in [0.2, 0.25) is 0 Å². The number of nitrogens with zero attached hydrogens (tertiary/aromatic N) is 1. The number of halogens is 4. The minimum atomic E-state index is -4.44. The van der Waals surface area contributed by atoms with Gasteiger partial charge < -0.3 is 15.1 Å². The van der Waals surface area contributed by atoms with Gasteiger partial charge in [-0.2, -0.15) is 13.2 Å². The van der Waals surface area contributed by atoms with Gasteiger partial charge in [-0.05, 0) is 42.5 Å². The van der Waals surface area contributed by atoms with Crippen LogP contribution in [-0.4, -0.2) is 38.6 Å². The number of nitrogens with one attached hydrogen (secondary N) is 2. The first-order valence-corrected chi connectivity index (χ1v) is 8.62. The number of carbonyl (C=O) groups is 1. The molecule has 0 aliphatic carbocycles. The van der Waals surface area contributed by atoms with E-state index in [-0.39, 0.29) is 24.0 Å². The molecule has 27 heavy (non-hydrogen) atoms. The first kappa shape index (κ1) is 19.2. The number of carbonyl (C=O) groups excluding carboxylic acids is 1. The number of alkyl halides is 3. The highest BCUT2D eigenvalue weighted by Crippen LogP contribution is 2.30. The van der Waals surface area contributed by atoms with Crippen molar-refractivity contribution in [1.29, 1.82) is 0 Å². The molecule has 1 saturated heterocycles. The third kappa shape index (κ3) is 5.19. The van der Waals surface area contributed by atoms with Crippen molar-refractivity contribution in [2.24, 2.45) is 0 Å². The van der Waals surface area contributed by atoms with Crippen molar-refractivity contribution in [1.82, 2.24) is 0 Å². The van der Waals surface area contributed by atoms with Gasteiger partial charge in [0.15, 0.2) is 6.54 Å². The van der Waals surface area contributed by atoms with E-state index in [2.05, 4.69) is 10.2 Å². The third-order valence-electron chi connectivity index (χ3n) is 4.55. The van der Waals surface area contributed by atoms with Gasteiger partial charge in [0.1, 0.15) is 5.82 Å². The van der Waals surface area contributed by atoms with E-state index in [1.807, 2.05) is 0 Å². The van der Waals surface area contributed by atoms with Gasteiger partial charge in [0, 0.05) is 11.4 Å². The van der Waals surface area contributed by atoms with Crippen LogP contribution in [-0.2, 0) is 11.0 Å². The van der Waals surface area contributed by atoms with Crippen LogP contribution in [0.25, 0.3) is 0 Å². The largest absolute Gasteiger partial charge is 0.416 e. The lowest BCUT2D eigenvalue weighted by atomic mass is 10.2. The molecular formula is C19H20F4N3O+. The molecule has 3 rings (SSSR count). The highest BCUT2D eigenvalue weighted by atomic mass is 19.4. The highest BCUT2D eigenvalue weighted by Gasteiger charge is 2.30. The Hall–Kier alpha value is -2.61. The van der Waals surface area contributed by atoms with Crippen molar-refractivity contribution in [3.05, 3.63) is 59.9 Å². The lowest BCUT2D eigenvalue weighted by molar-refractivity contribution is -0.892. The molecule has 1 fully saturated rings. The van der Waals surface area contributed by atoms with Crippen LogP contribution in [0.5, 0.6) is 0 Å². The number of piperazine rings is 1. The number of amides is 1. The summed E-state index contributed by atoms with van der Waals surface area (Å²) in [5, 5.41) is 2.54. The van der Waals surface area contributed by atoms with E-state index in [0.717, 1.165) is 35.8 Å². The molecule has 1 aliphatic rings. The van der Waals surface area contributed by atoms with Crippen LogP contribution >= 0.6 is 0 Å². The normalized spacial score (nSPS) is 15.6. The molecule has 2 aromatic carbocycles. The summed E-state index contributed by atoms with van der Waals surface area (Å²) in [6.07, 6.45) is -4.44. The Morgan fingerprint density at radius 1 is 1.07 bits per heavy atom. The van der Waals surface area contributed by atoms with E-state index in [9.17, 15) is 22.4 Å². The highest BCUT2D eigenvalue weighted by molar-refractivity contribution is 5.91. The van der Waals surface area contributed by atoms with Gasteiger partial charge in [-0.15, -0.1) is 0 Å². The van der Waals surface area contributed by atoms with E-state index in [1.54, 1.807) is 12.1 Å². The Morgan fingerprint density at radius 3 is 2.37 bits per heavy atom. The standard InChI is InChI=1S/C19H19F4N3O/c20-15-4-6-17(7-5-15)26-10-8-25(9-11-26)13-18(27)24-16-3-1-2-14(12-16)19(21,22)23/h1-7,12H,8-11,13H2,(H,24,27)/p+1. The second-order valence-corrected chi connectivity index (χ2v) is 6.52. The molecule has 4 nitrogen and oxygen atoms in total. The molecule has 144 valence electrons. The van der Waals surface area contributed by atoms with Crippen molar-refractivity contribution >= 4 is 17.3 Å². The number of hydrogen-bond acceptors (Lipinski definition) is 2. The molecule has 0 bridgehead atoms. The molecular weight excluding hydrogens is 362 g/mol. The Morgan fingerprint density at radius 2 is 1.74 bits per heavy atom. The molecule has 0 atom stereocenters. The molecule has 1 heterocycles. The number of quaternary nitrogens is 1. The van der Waals surface area contributed by atoms with Gasteiger partial charge >= 0.3 is 6.18 Å². The second-order valence-electron chi connectivity index (χ2n) is 6.52. The average molecular weight is 382 g/mol. The van der Waals surface area contributed by atoms with Crippen LogP contribution in [0.1, 0.15) is 5.56 Å². The summed E-state index contributed by atoms with van der Waals surface area (Å²) in [4.78, 5) is 15.3. The summed E-state index contributed by atoms with van der Waals surface area (Å²) in [7, 11) is 0. The second kappa shape index (κ2) is 7.96. The number of anilines is 2. The van der Waals surface area contributed by atoms with Gasteiger partial charge in [-0.1, -0.05) is 6.07 Å². The van der Waals surface area contributed by atoms with Crippen LogP contribution in [0, 0.1) is 5.82 Å². The first-order chi connectivity index (χ1) is 12.8. The van der Waals surface area contributed by atoms with Crippen molar-refractivity contribution in [2.75, 3.05) is 42.9 Å². The summed E-state index contributed by atoms with van der Waals surface area (Å²) in [5.74, 6) is -0.603. The summed E-state index contributed by atoms with van der Waals surface area (Å²) in [6, 6.07) is 10.9. The third-order valence-corrected chi connectivity index (χ3v) is 4.55. The fourth-order valence-electron chi connectivity index (χ4n) is 3.12. The molecule has 0 spiro atoms. The molecule has 0 radical (unpaired) electrons. The van der Waals surface area contributed by atoms with E-state index in [4.69, 9.17) is 0 Å². The molecule has 1 amide bonds. The smallest absolute Gasteiger partial charge is 0.360 e. The minimum Gasteiger partial charge on any atom is -0.360 e. The molecule has 1 aliphatic heterocycles. The van der Waals surface area contributed by atoms with Crippen LogP contribution < -0.4 is 15.1 Å². The van der Waals surface area contributed by atoms with E-state index in [1.165, 1.54) is 24.3 Å². The fourth-order valence-corrected chi connectivity index (χ4v) is 3.12. The Kier molecular flexibility index (Phi) is 5.65. The van der Waals surface area contributed by atoms with Gasteiger partial charge in [-0.3, -0.25) is 4.79 Å². The lowest BCUT2D eigenvalue weighted by Crippen LogP contribution is -3.15. The predicted octanol–water partition coefficient (Wildman–Crippen LogP) is 2.19. The van der Waals surface area contributed by atoms with Crippen LogP contribution in [0.3, 0.4) is 0 Å². The SMILES string of the molecule is O=C(C[NH+]1CCN(c2ccc(F)cc2)CC1)Nc1cccc(C(F)(F)F)c1. The zero-order valence-electron chi connectivity index (χ0n) is 14.5. The minimum absolute atomic E-state index is 0.138. The van der Waals surface area contributed by atoms with Gasteiger partial charge in [-0.25, -0.2) is 4.39 Å². The Balaban J connectivity index is 1.50. The average Bonchev–Trinajstić information content (AvgIpc) is 2.62. The van der Waals surface area contributed by atoms with Gasteiger partial charge in [0.05, 0.1) is 31.7 Å². The lowest BCUT2D eigenvalue weighted by Gasteiger charge is -2.33. The Bertz CT molecular complexity index is 784. The molecule has 0 aromatic heterocycles. The van der Waals surface area contributed by atoms with Crippen LogP contribution in [0.15, 0.2) is 48.5 Å². The number of benzene rings is 2. The van der Waals surface area contributed by atoms with Gasteiger partial charge in [0.2, 0.25) is 0 Å². The van der Waals surface area contributed by atoms with Crippen molar-refractivity contribution in [2.45, 2.75) is 6.18 Å². The van der Waals surface area contributed by atoms with Crippen molar-refractivity contribution in [3.8, 4) is 0 Å². The molecule has 0 saturated carbocycles. The number of hydrogen-bond donors (Lipinski definition) is 2. The maximum absolute atomic E-state index is 13.0.